The van der Waals surface area contributed by atoms with Crippen LogP contribution in [0.2, 0.25) is 0 Å². The third kappa shape index (κ3) is 4.22. The van der Waals surface area contributed by atoms with Crippen molar-refractivity contribution < 1.29 is 23.8 Å². The van der Waals surface area contributed by atoms with Gasteiger partial charge in [-0.05, 0) is 36.4 Å². The predicted molar refractivity (Wildman–Crippen MR) is 104 cm³/mol. The minimum atomic E-state index is -0.178. The second kappa shape index (κ2) is 8.52. The van der Waals surface area contributed by atoms with Crippen molar-refractivity contribution in [1.82, 2.24) is 10.2 Å². The zero-order chi connectivity index (χ0) is 19.3. The fourth-order valence-corrected chi connectivity index (χ4v) is 4.08. The third-order valence-electron chi connectivity index (χ3n) is 4.83. The molecule has 3 heterocycles. The van der Waals surface area contributed by atoms with Crippen molar-refractivity contribution >= 4 is 23.2 Å². The Morgan fingerprint density at radius 3 is 3.00 bits per heavy atom. The topological polar surface area (TPSA) is 77.1 Å². The highest BCUT2D eigenvalue weighted by Gasteiger charge is 2.29. The van der Waals surface area contributed by atoms with E-state index in [0.29, 0.717) is 43.5 Å². The summed E-state index contributed by atoms with van der Waals surface area (Å²) in [5.41, 5.74) is 0. The SMILES string of the molecule is O=C(NCCOc1ccc2c(c1)OCO2)C1CCCN(C(=O)c2cccs2)C1. The smallest absolute Gasteiger partial charge is 0.263 e. The summed E-state index contributed by atoms with van der Waals surface area (Å²) in [6, 6.07) is 9.08. The molecule has 4 rings (SSSR count). The Balaban J connectivity index is 1.22. The molecule has 28 heavy (non-hydrogen) atoms. The van der Waals surface area contributed by atoms with Crippen LogP contribution in [0.1, 0.15) is 22.5 Å². The van der Waals surface area contributed by atoms with Gasteiger partial charge in [-0.1, -0.05) is 6.07 Å². The van der Waals surface area contributed by atoms with Crippen LogP contribution in [0.15, 0.2) is 35.7 Å². The van der Waals surface area contributed by atoms with E-state index in [1.165, 1.54) is 11.3 Å². The molecule has 8 heteroatoms. The first kappa shape index (κ1) is 18.6. The van der Waals surface area contributed by atoms with E-state index in [2.05, 4.69) is 5.32 Å². The molecular formula is C20H22N2O5S. The van der Waals surface area contributed by atoms with Gasteiger partial charge in [0.1, 0.15) is 12.4 Å². The summed E-state index contributed by atoms with van der Waals surface area (Å²) in [4.78, 5) is 27.5. The molecule has 1 N–H and O–H groups in total. The van der Waals surface area contributed by atoms with Crippen LogP contribution in [0.5, 0.6) is 17.2 Å². The lowest BCUT2D eigenvalue weighted by atomic mass is 9.97. The summed E-state index contributed by atoms with van der Waals surface area (Å²) in [5.74, 6) is 1.85. The highest BCUT2D eigenvalue weighted by molar-refractivity contribution is 7.12. The zero-order valence-electron chi connectivity index (χ0n) is 15.4. The van der Waals surface area contributed by atoms with Gasteiger partial charge in [0.25, 0.3) is 5.91 Å². The number of nitrogens with zero attached hydrogens (tertiary/aromatic N) is 1. The average Bonchev–Trinajstić information content (AvgIpc) is 3.42. The largest absolute Gasteiger partial charge is 0.492 e. The maximum atomic E-state index is 12.5. The maximum absolute atomic E-state index is 12.5. The molecule has 1 unspecified atom stereocenters. The average molecular weight is 402 g/mol. The summed E-state index contributed by atoms with van der Waals surface area (Å²) in [7, 11) is 0. The molecule has 2 amide bonds. The van der Waals surface area contributed by atoms with Crippen molar-refractivity contribution in [3.63, 3.8) is 0 Å². The lowest BCUT2D eigenvalue weighted by molar-refractivity contribution is -0.126. The molecule has 0 spiro atoms. The van der Waals surface area contributed by atoms with E-state index in [1.807, 2.05) is 23.6 Å². The second-order valence-electron chi connectivity index (χ2n) is 6.72. The van der Waals surface area contributed by atoms with Gasteiger partial charge in [0.2, 0.25) is 12.7 Å². The van der Waals surface area contributed by atoms with E-state index in [1.54, 1.807) is 17.0 Å². The van der Waals surface area contributed by atoms with Crippen molar-refractivity contribution in [3.8, 4) is 17.2 Å². The third-order valence-corrected chi connectivity index (χ3v) is 5.68. The number of thiophene rings is 1. The first-order valence-corrected chi connectivity index (χ1v) is 10.2. The Kier molecular flexibility index (Phi) is 5.66. The van der Waals surface area contributed by atoms with Gasteiger partial charge in [-0.25, -0.2) is 0 Å². The molecule has 0 aliphatic carbocycles. The fourth-order valence-electron chi connectivity index (χ4n) is 3.39. The molecule has 1 atom stereocenters. The molecule has 7 nitrogen and oxygen atoms in total. The highest BCUT2D eigenvalue weighted by atomic mass is 32.1. The number of carbonyl (C=O) groups is 2. The Morgan fingerprint density at radius 2 is 2.14 bits per heavy atom. The van der Waals surface area contributed by atoms with Gasteiger partial charge in [0.05, 0.1) is 17.3 Å². The Morgan fingerprint density at radius 1 is 1.25 bits per heavy atom. The van der Waals surface area contributed by atoms with E-state index in [0.717, 1.165) is 17.7 Å². The van der Waals surface area contributed by atoms with Crippen LogP contribution in [-0.4, -0.2) is 49.7 Å². The molecule has 1 saturated heterocycles. The summed E-state index contributed by atoms with van der Waals surface area (Å²) >= 11 is 1.43. The van der Waals surface area contributed by atoms with E-state index in [-0.39, 0.29) is 24.5 Å². The van der Waals surface area contributed by atoms with Crippen LogP contribution >= 0.6 is 11.3 Å². The number of piperidine rings is 1. The van der Waals surface area contributed by atoms with E-state index >= 15 is 0 Å². The van der Waals surface area contributed by atoms with Crippen molar-refractivity contribution in [2.45, 2.75) is 12.8 Å². The van der Waals surface area contributed by atoms with Crippen molar-refractivity contribution in [2.75, 3.05) is 33.0 Å². The summed E-state index contributed by atoms with van der Waals surface area (Å²) in [6.07, 6.45) is 1.63. The van der Waals surface area contributed by atoms with Crippen molar-refractivity contribution in [2.24, 2.45) is 5.92 Å². The number of benzene rings is 1. The number of hydrogen-bond acceptors (Lipinski definition) is 6. The molecule has 0 saturated carbocycles. The predicted octanol–water partition coefficient (Wildman–Crippen LogP) is 2.52. The number of ether oxygens (including phenoxy) is 3. The van der Waals surface area contributed by atoms with Crippen LogP contribution in [0.3, 0.4) is 0 Å². The van der Waals surface area contributed by atoms with Crippen molar-refractivity contribution in [3.05, 3.63) is 40.6 Å². The normalized spacial score (nSPS) is 18.0. The molecule has 1 aromatic heterocycles. The molecule has 1 fully saturated rings. The van der Waals surface area contributed by atoms with Gasteiger partial charge >= 0.3 is 0 Å². The Hall–Kier alpha value is -2.74. The second-order valence-corrected chi connectivity index (χ2v) is 7.67. The Labute approximate surface area is 167 Å². The molecule has 0 bridgehead atoms. The lowest BCUT2D eigenvalue weighted by Crippen LogP contribution is -2.45. The minimum absolute atomic E-state index is 0.0126. The number of amides is 2. The lowest BCUT2D eigenvalue weighted by Gasteiger charge is -2.31. The van der Waals surface area contributed by atoms with Gasteiger partial charge in [-0.3, -0.25) is 9.59 Å². The van der Waals surface area contributed by atoms with Crippen molar-refractivity contribution in [1.29, 1.82) is 0 Å². The molecule has 2 aromatic rings. The number of hydrogen-bond donors (Lipinski definition) is 1. The molecule has 0 radical (unpaired) electrons. The molecule has 1 aromatic carbocycles. The summed E-state index contributed by atoms with van der Waals surface area (Å²) in [5, 5.41) is 4.80. The van der Waals surface area contributed by atoms with Gasteiger partial charge in [0.15, 0.2) is 11.5 Å². The Bertz CT molecular complexity index is 839. The molecular weight excluding hydrogens is 380 g/mol. The first-order valence-electron chi connectivity index (χ1n) is 9.33. The molecule has 148 valence electrons. The zero-order valence-corrected chi connectivity index (χ0v) is 16.2. The number of carbonyl (C=O) groups excluding carboxylic acids is 2. The van der Waals surface area contributed by atoms with Gasteiger partial charge in [-0.2, -0.15) is 0 Å². The fraction of sp³-hybridized carbons (Fsp3) is 0.400. The van der Waals surface area contributed by atoms with E-state index < -0.39 is 0 Å². The standard InChI is InChI=1S/C20H22N2O5S/c23-19(14-3-1-8-22(12-14)20(24)18-4-2-10-28-18)21-7-9-25-15-5-6-16-17(11-15)27-13-26-16/h2,4-6,10-11,14H,1,3,7-9,12-13H2,(H,21,23). The monoisotopic (exact) mass is 402 g/mol. The van der Waals surface area contributed by atoms with E-state index in [4.69, 9.17) is 14.2 Å². The number of likely N-dealkylation sites (tertiary alicyclic amines) is 1. The maximum Gasteiger partial charge on any atom is 0.263 e. The summed E-state index contributed by atoms with van der Waals surface area (Å²) < 4.78 is 16.2. The number of fused-ring (bicyclic) bond motifs is 1. The quantitative estimate of drug-likeness (QED) is 0.752. The number of nitrogens with one attached hydrogen (secondary N) is 1. The van der Waals surface area contributed by atoms with Gasteiger partial charge in [-0.15, -0.1) is 11.3 Å². The van der Waals surface area contributed by atoms with Crippen LogP contribution in [0.25, 0.3) is 0 Å². The van der Waals surface area contributed by atoms with Crippen LogP contribution < -0.4 is 19.5 Å². The highest BCUT2D eigenvalue weighted by Crippen LogP contribution is 2.35. The first-order chi connectivity index (χ1) is 13.7. The van der Waals surface area contributed by atoms with Crippen LogP contribution in [0, 0.1) is 5.92 Å². The van der Waals surface area contributed by atoms with Gasteiger partial charge < -0.3 is 24.4 Å². The minimum Gasteiger partial charge on any atom is -0.492 e. The van der Waals surface area contributed by atoms with Crippen LogP contribution in [0.4, 0.5) is 0 Å². The number of rotatable bonds is 6. The van der Waals surface area contributed by atoms with E-state index in [9.17, 15) is 9.59 Å². The van der Waals surface area contributed by atoms with Crippen LogP contribution in [-0.2, 0) is 4.79 Å². The summed E-state index contributed by atoms with van der Waals surface area (Å²) in [6.45, 7) is 2.15. The molecule has 2 aliphatic heterocycles. The molecule has 2 aliphatic rings. The van der Waals surface area contributed by atoms with Gasteiger partial charge in [0, 0.05) is 19.2 Å².